The number of amides is 1. The fourth-order valence-corrected chi connectivity index (χ4v) is 3.69. The molecule has 3 aromatic rings. The van der Waals surface area contributed by atoms with Gasteiger partial charge in [0.1, 0.15) is 11.5 Å². The van der Waals surface area contributed by atoms with Crippen molar-refractivity contribution in [2.75, 3.05) is 25.0 Å². The Morgan fingerprint density at radius 2 is 2.00 bits per heavy atom. The maximum absolute atomic E-state index is 12.5. The third kappa shape index (κ3) is 3.65. The summed E-state index contributed by atoms with van der Waals surface area (Å²) >= 11 is 0. The zero-order valence-electron chi connectivity index (χ0n) is 15.7. The Bertz CT molecular complexity index is 943. The molecule has 0 spiro atoms. The molecule has 4 rings (SSSR count). The summed E-state index contributed by atoms with van der Waals surface area (Å²) < 4.78 is 2.00. The van der Waals surface area contributed by atoms with Gasteiger partial charge in [-0.25, -0.2) is 4.98 Å². The average Bonchev–Trinajstić information content (AvgIpc) is 3.07. The minimum atomic E-state index is 0.232. The van der Waals surface area contributed by atoms with E-state index in [2.05, 4.69) is 29.4 Å². The molecule has 1 aromatic carbocycles. The van der Waals surface area contributed by atoms with Crippen molar-refractivity contribution in [1.29, 1.82) is 0 Å². The molecule has 27 heavy (non-hydrogen) atoms. The second-order valence-corrected chi connectivity index (χ2v) is 7.05. The normalized spacial score (nSPS) is 14.5. The summed E-state index contributed by atoms with van der Waals surface area (Å²) in [4.78, 5) is 23.4. The van der Waals surface area contributed by atoms with Crippen LogP contribution in [0.3, 0.4) is 0 Å². The first-order chi connectivity index (χ1) is 13.2. The van der Waals surface area contributed by atoms with Crippen LogP contribution in [-0.2, 0) is 4.79 Å². The molecule has 1 aliphatic rings. The fraction of sp³-hybridized carbons (Fsp3) is 0.381. The highest BCUT2D eigenvalue weighted by Crippen LogP contribution is 2.30. The lowest BCUT2D eigenvalue weighted by Crippen LogP contribution is -2.36. The van der Waals surface area contributed by atoms with E-state index < -0.39 is 0 Å². The number of imidazole rings is 1. The molecule has 0 radical (unpaired) electrons. The van der Waals surface area contributed by atoms with E-state index in [0.29, 0.717) is 13.0 Å². The molecule has 6 heteroatoms. The molecular weight excluding hydrogens is 338 g/mol. The lowest BCUT2D eigenvalue weighted by atomic mass is 10.1. The van der Waals surface area contributed by atoms with E-state index in [-0.39, 0.29) is 5.91 Å². The number of rotatable bonds is 5. The Labute approximate surface area is 159 Å². The predicted octanol–water partition coefficient (Wildman–Crippen LogP) is 3.52. The molecule has 1 fully saturated rings. The van der Waals surface area contributed by atoms with Crippen LogP contribution in [0, 0.1) is 6.92 Å². The third-order valence-corrected chi connectivity index (χ3v) is 5.17. The van der Waals surface area contributed by atoms with Crippen molar-refractivity contribution in [3.05, 3.63) is 48.4 Å². The van der Waals surface area contributed by atoms with Crippen LogP contribution < -0.4 is 5.32 Å². The van der Waals surface area contributed by atoms with Crippen molar-refractivity contribution in [1.82, 2.24) is 19.3 Å². The highest BCUT2D eigenvalue weighted by molar-refractivity contribution is 5.79. The van der Waals surface area contributed by atoms with E-state index >= 15 is 0 Å². The van der Waals surface area contributed by atoms with E-state index in [4.69, 9.17) is 4.98 Å². The lowest BCUT2D eigenvalue weighted by molar-refractivity contribution is -0.131. The zero-order chi connectivity index (χ0) is 18.6. The van der Waals surface area contributed by atoms with Crippen LogP contribution in [-0.4, -0.2) is 44.8 Å². The number of aryl methyl sites for hydroxylation is 1. The van der Waals surface area contributed by atoms with Crippen LogP contribution in [0.5, 0.6) is 0 Å². The van der Waals surface area contributed by atoms with Crippen molar-refractivity contribution < 1.29 is 4.79 Å². The SMILES string of the molecule is Cc1ccccc1-c1nc2cnccn2c1NCCC(=O)N1CCCCC1. The molecule has 0 bridgehead atoms. The number of likely N-dealkylation sites (tertiary alicyclic amines) is 1. The van der Waals surface area contributed by atoms with Gasteiger partial charge in [-0.05, 0) is 31.7 Å². The Morgan fingerprint density at radius 1 is 1.19 bits per heavy atom. The number of benzene rings is 1. The van der Waals surface area contributed by atoms with Gasteiger partial charge in [0.15, 0.2) is 5.65 Å². The first-order valence-corrected chi connectivity index (χ1v) is 9.64. The Morgan fingerprint density at radius 3 is 2.81 bits per heavy atom. The molecule has 1 saturated heterocycles. The average molecular weight is 363 g/mol. The van der Waals surface area contributed by atoms with Crippen LogP contribution >= 0.6 is 0 Å². The first-order valence-electron chi connectivity index (χ1n) is 9.64. The Hall–Kier alpha value is -2.89. The molecule has 140 valence electrons. The van der Waals surface area contributed by atoms with Gasteiger partial charge in [0.05, 0.1) is 6.20 Å². The van der Waals surface area contributed by atoms with Crippen LogP contribution in [0.2, 0.25) is 0 Å². The highest BCUT2D eigenvalue weighted by atomic mass is 16.2. The molecule has 0 aliphatic carbocycles. The maximum atomic E-state index is 12.5. The Kier molecular flexibility index (Phi) is 5.05. The molecule has 6 nitrogen and oxygen atoms in total. The van der Waals surface area contributed by atoms with Gasteiger partial charge < -0.3 is 10.2 Å². The van der Waals surface area contributed by atoms with Gasteiger partial charge in [-0.1, -0.05) is 24.3 Å². The number of nitrogens with one attached hydrogen (secondary N) is 1. The largest absolute Gasteiger partial charge is 0.369 e. The van der Waals surface area contributed by atoms with Gasteiger partial charge in [0, 0.05) is 44.0 Å². The number of fused-ring (bicyclic) bond motifs is 1. The number of carbonyl (C=O) groups excluding carboxylic acids is 1. The van der Waals surface area contributed by atoms with Crippen molar-refractivity contribution in [2.45, 2.75) is 32.6 Å². The van der Waals surface area contributed by atoms with Crippen molar-refractivity contribution in [2.24, 2.45) is 0 Å². The molecule has 0 atom stereocenters. The van der Waals surface area contributed by atoms with Gasteiger partial charge >= 0.3 is 0 Å². The van der Waals surface area contributed by atoms with Crippen molar-refractivity contribution in [3.63, 3.8) is 0 Å². The number of piperidine rings is 1. The van der Waals surface area contributed by atoms with Gasteiger partial charge in [-0.2, -0.15) is 0 Å². The molecule has 0 saturated carbocycles. The molecule has 1 amide bonds. The number of hydrogen-bond donors (Lipinski definition) is 1. The van der Waals surface area contributed by atoms with Crippen LogP contribution in [0.1, 0.15) is 31.2 Å². The summed E-state index contributed by atoms with van der Waals surface area (Å²) in [6.07, 6.45) is 9.38. The third-order valence-electron chi connectivity index (χ3n) is 5.17. The zero-order valence-corrected chi connectivity index (χ0v) is 15.7. The lowest BCUT2D eigenvalue weighted by Gasteiger charge is -2.26. The topological polar surface area (TPSA) is 62.5 Å². The summed E-state index contributed by atoms with van der Waals surface area (Å²) in [7, 11) is 0. The molecule has 1 N–H and O–H groups in total. The second kappa shape index (κ2) is 7.78. The quantitative estimate of drug-likeness (QED) is 0.753. The monoisotopic (exact) mass is 363 g/mol. The second-order valence-electron chi connectivity index (χ2n) is 7.05. The van der Waals surface area contributed by atoms with Crippen LogP contribution in [0.4, 0.5) is 5.82 Å². The smallest absolute Gasteiger partial charge is 0.224 e. The highest BCUT2D eigenvalue weighted by Gasteiger charge is 2.18. The first kappa shape index (κ1) is 17.5. The summed E-state index contributed by atoms with van der Waals surface area (Å²) in [6.45, 7) is 4.47. The van der Waals surface area contributed by atoms with Gasteiger partial charge in [-0.3, -0.25) is 14.2 Å². The standard InChI is InChI=1S/C21H25N5O/c1-16-7-3-4-8-17(16)20-21(26-14-11-22-15-18(26)24-20)23-10-9-19(27)25-12-5-2-6-13-25/h3-4,7-8,11,14-15,23H,2,5-6,9-10,12-13H2,1H3. The van der Waals surface area contributed by atoms with Gasteiger partial charge in [0.2, 0.25) is 5.91 Å². The molecular formula is C21H25N5O. The van der Waals surface area contributed by atoms with E-state index in [0.717, 1.165) is 48.7 Å². The van der Waals surface area contributed by atoms with Gasteiger partial charge in [-0.15, -0.1) is 0 Å². The van der Waals surface area contributed by atoms with E-state index in [1.54, 1.807) is 12.4 Å². The van der Waals surface area contributed by atoms with E-state index in [1.165, 1.54) is 12.0 Å². The summed E-state index contributed by atoms with van der Waals surface area (Å²) in [6, 6.07) is 8.21. The molecule has 2 aromatic heterocycles. The summed E-state index contributed by atoms with van der Waals surface area (Å²) in [5.41, 5.74) is 3.94. The molecule has 3 heterocycles. The Balaban J connectivity index is 1.56. The maximum Gasteiger partial charge on any atom is 0.224 e. The molecule has 0 unspecified atom stereocenters. The fourth-order valence-electron chi connectivity index (χ4n) is 3.69. The number of aromatic nitrogens is 3. The van der Waals surface area contributed by atoms with Crippen LogP contribution in [0.25, 0.3) is 16.9 Å². The summed E-state index contributed by atoms with van der Waals surface area (Å²) in [5, 5.41) is 3.46. The number of carbonyl (C=O) groups is 1. The number of nitrogens with zero attached hydrogens (tertiary/aromatic N) is 4. The molecule has 1 aliphatic heterocycles. The minimum absolute atomic E-state index is 0.232. The predicted molar refractivity (Wildman–Crippen MR) is 107 cm³/mol. The van der Waals surface area contributed by atoms with E-state index in [9.17, 15) is 4.79 Å². The van der Waals surface area contributed by atoms with E-state index in [1.807, 2.05) is 27.6 Å². The summed E-state index contributed by atoms with van der Waals surface area (Å²) in [5.74, 6) is 1.14. The number of hydrogen-bond acceptors (Lipinski definition) is 4. The van der Waals surface area contributed by atoms with Crippen molar-refractivity contribution in [3.8, 4) is 11.3 Å². The van der Waals surface area contributed by atoms with Gasteiger partial charge in [0.25, 0.3) is 0 Å². The van der Waals surface area contributed by atoms with Crippen molar-refractivity contribution >= 4 is 17.4 Å². The van der Waals surface area contributed by atoms with Crippen LogP contribution in [0.15, 0.2) is 42.9 Å². The number of anilines is 1. The minimum Gasteiger partial charge on any atom is -0.369 e.